The smallest absolute Gasteiger partial charge is 0.408 e. The zero-order chi connectivity index (χ0) is 32.2. The molecule has 4 amide bonds. The monoisotopic (exact) mass is 612 g/mol. The van der Waals surface area contributed by atoms with E-state index in [-0.39, 0.29) is 38.3 Å². The topological polar surface area (TPSA) is 142 Å². The number of hydrogen-bond donors (Lipinski definition) is 2. The molecule has 1 heterocycles. The van der Waals surface area contributed by atoms with Crippen LogP contribution in [0.2, 0.25) is 0 Å². The van der Waals surface area contributed by atoms with Crippen molar-refractivity contribution in [3.63, 3.8) is 0 Å². The van der Waals surface area contributed by atoms with Crippen molar-refractivity contribution in [1.29, 1.82) is 0 Å². The van der Waals surface area contributed by atoms with E-state index in [4.69, 9.17) is 4.74 Å². The summed E-state index contributed by atoms with van der Waals surface area (Å²) < 4.78 is 5.37. The molecule has 1 saturated heterocycles. The van der Waals surface area contributed by atoms with Gasteiger partial charge in [-0.1, -0.05) is 91.0 Å². The standard InChI is InChI=1S/C34H36N4O7/c1-24(40)17-28(22-39)35-31(41)21-38-30(18-25-11-5-2-6-12-25)33(43)37(19-26-13-7-3-8-14-26)20-29(32(38)42)36-34(44)45-23-27-15-9-4-10-16-27/h2-16,22,28-30H,17-21,23H2,1H3,(H,35,41)(H,36,44)/t28-,29-,30-/m0/s1. The van der Waals surface area contributed by atoms with E-state index in [9.17, 15) is 28.8 Å². The average molecular weight is 613 g/mol. The van der Waals surface area contributed by atoms with Gasteiger partial charge in [0.2, 0.25) is 17.7 Å². The number of ketones is 1. The van der Waals surface area contributed by atoms with Crippen LogP contribution in [0.15, 0.2) is 91.0 Å². The first-order valence-corrected chi connectivity index (χ1v) is 14.6. The van der Waals surface area contributed by atoms with E-state index in [1.54, 1.807) is 36.4 Å². The van der Waals surface area contributed by atoms with Gasteiger partial charge < -0.3 is 30.0 Å². The number of hydrogen-bond acceptors (Lipinski definition) is 7. The van der Waals surface area contributed by atoms with E-state index in [1.807, 2.05) is 54.6 Å². The van der Waals surface area contributed by atoms with Crippen molar-refractivity contribution in [2.75, 3.05) is 13.1 Å². The summed E-state index contributed by atoms with van der Waals surface area (Å²) in [6.45, 7) is 0.663. The molecule has 3 atom stereocenters. The minimum absolute atomic E-state index is 0.0355. The van der Waals surface area contributed by atoms with Gasteiger partial charge >= 0.3 is 6.09 Å². The molecular formula is C34H36N4O7. The summed E-state index contributed by atoms with van der Waals surface area (Å²) in [5.41, 5.74) is 2.31. The molecule has 0 bridgehead atoms. The molecule has 1 fully saturated rings. The minimum Gasteiger partial charge on any atom is -0.445 e. The molecule has 0 aromatic heterocycles. The van der Waals surface area contributed by atoms with Crippen molar-refractivity contribution in [1.82, 2.24) is 20.4 Å². The van der Waals surface area contributed by atoms with Crippen LogP contribution < -0.4 is 10.6 Å². The van der Waals surface area contributed by atoms with Crippen molar-refractivity contribution in [2.24, 2.45) is 0 Å². The predicted molar refractivity (Wildman–Crippen MR) is 164 cm³/mol. The van der Waals surface area contributed by atoms with E-state index in [1.165, 1.54) is 11.8 Å². The zero-order valence-electron chi connectivity index (χ0n) is 25.0. The molecule has 0 unspecified atom stereocenters. The molecule has 3 aromatic rings. The molecule has 11 heteroatoms. The SMILES string of the molecule is CC(=O)C[C@@H](C=O)NC(=O)CN1C(=O)[C@@H](NC(=O)OCc2ccccc2)CN(Cc2ccccc2)C(=O)[C@@H]1Cc1ccccc1. The number of amides is 4. The molecule has 45 heavy (non-hydrogen) atoms. The molecule has 0 aliphatic carbocycles. The van der Waals surface area contributed by atoms with Gasteiger partial charge in [-0.2, -0.15) is 0 Å². The summed E-state index contributed by atoms with van der Waals surface area (Å²) >= 11 is 0. The number of aldehydes is 1. The highest BCUT2D eigenvalue weighted by Gasteiger charge is 2.43. The van der Waals surface area contributed by atoms with Crippen LogP contribution in [-0.2, 0) is 48.3 Å². The van der Waals surface area contributed by atoms with Crippen molar-refractivity contribution in [3.8, 4) is 0 Å². The number of ether oxygens (including phenoxy) is 1. The first kappa shape index (κ1) is 32.6. The number of carbonyl (C=O) groups is 6. The number of rotatable bonds is 13. The van der Waals surface area contributed by atoms with Crippen LogP contribution in [0.3, 0.4) is 0 Å². The van der Waals surface area contributed by atoms with Crippen molar-refractivity contribution in [2.45, 2.75) is 51.0 Å². The molecule has 3 aromatic carbocycles. The lowest BCUT2D eigenvalue weighted by molar-refractivity contribution is -0.144. The van der Waals surface area contributed by atoms with Crippen LogP contribution in [0, 0.1) is 0 Å². The highest BCUT2D eigenvalue weighted by molar-refractivity contribution is 5.97. The van der Waals surface area contributed by atoms with Gasteiger partial charge in [0.1, 0.15) is 37.3 Å². The van der Waals surface area contributed by atoms with Gasteiger partial charge in [-0.15, -0.1) is 0 Å². The third kappa shape index (κ3) is 9.59. The van der Waals surface area contributed by atoms with Crippen LogP contribution in [0.4, 0.5) is 4.79 Å². The quantitative estimate of drug-likeness (QED) is 0.283. The normalized spacial score (nSPS) is 17.2. The Labute approximate surface area is 261 Å². The number of nitrogens with one attached hydrogen (secondary N) is 2. The molecule has 0 spiro atoms. The summed E-state index contributed by atoms with van der Waals surface area (Å²) in [4.78, 5) is 80.2. The Bertz CT molecular complexity index is 1480. The second-order valence-electron chi connectivity index (χ2n) is 10.9. The van der Waals surface area contributed by atoms with Gasteiger partial charge in [-0.25, -0.2) is 4.79 Å². The second-order valence-corrected chi connectivity index (χ2v) is 10.9. The van der Waals surface area contributed by atoms with Crippen LogP contribution >= 0.6 is 0 Å². The van der Waals surface area contributed by atoms with Gasteiger partial charge in [-0.3, -0.25) is 19.2 Å². The van der Waals surface area contributed by atoms with E-state index in [0.717, 1.165) is 21.6 Å². The van der Waals surface area contributed by atoms with Crippen LogP contribution in [0.1, 0.15) is 30.0 Å². The van der Waals surface area contributed by atoms with Gasteiger partial charge in [0.25, 0.3) is 0 Å². The van der Waals surface area contributed by atoms with Crippen LogP contribution in [-0.4, -0.2) is 76.9 Å². The highest BCUT2D eigenvalue weighted by Crippen LogP contribution is 2.20. The Balaban J connectivity index is 1.64. The lowest BCUT2D eigenvalue weighted by Crippen LogP contribution is -2.56. The molecule has 0 saturated carbocycles. The summed E-state index contributed by atoms with van der Waals surface area (Å²) in [6.07, 6.45) is -0.528. The maximum Gasteiger partial charge on any atom is 0.408 e. The number of alkyl carbamates (subject to hydrolysis) is 1. The van der Waals surface area contributed by atoms with E-state index < -0.39 is 48.5 Å². The Hall–Kier alpha value is -5.32. The molecule has 2 N–H and O–H groups in total. The second kappa shape index (κ2) is 15.9. The largest absolute Gasteiger partial charge is 0.445 e. The minimum atomic E-state index is -1.24. The van der Waals surface area contributed by atoms with E-state index >= 15 is 0 Å². The first-order chi connectivity index (χ1) is 21.7. The van der Waals surface area contributed by atoms with E-state index in [0.29, 0.717) is 6.29 Å². The van der Waals surface area contributed by atoms with Gasteiger partial charge in [0.15, 0.2) is 0 Å². The molecule has 0 radical (unpaired) electrons. The fourth-order valence-electron chi connectivity index (χ4n) is 5.12. The van der Waals surface area contributed by atoms with Crippen molar-refractivity contribution < 1.29 is 33.5 Å². The lowest BCUT2D eigenvalue weighted by atomic mass is 10.0. The van der Waals surface area contributed by atoms with Crippen molar-refractivity contribution in [3.05, 3.63) is 108 Å². The van der Waals surface area contributed by atoms with Gasteiger partial charge in [-0.05, 0) is 23.6 Å². The summed E-state index contributed by atoms with van der Waals surface area (Å²) in [5.74, 6) is -2.11. The van der Waals surface area contributed by atoms with Gasteiger partial charge in [0, 0.05) is 19.4 Å². The Kier molecular flexibility index (Phi) is 11.6. The molecule has 1 aliphatic heterocycles. The van der Waals surface area contributed by atoms with Crippen LogP contribution in [0.25, 0.3) is 0 Å². The number of carbonyl (C=O) groups excluding carboxylic acids is 6. The number of Topliss-reactive ketones (excluding diaryl/α,β-unsaturated/α-hetero) is 1. The third-order valence-electron chi connectivity index (χ3n) is 7.28. The molecule has 234 valence electrons. The summed E-state index contributed by atoms with van der Waals surface area (Å²) in [6, 6.07) is 23.9. The van der Waals surface area contributed by atoms with Gasteiger partial charge in [0.05, 0.1) is 12.6 Å². The third-order valence-corrected chi connectivity index (χ3v) is 7.28. The summed E-state index contributed by atoms with van der Waals surface area (Å²) in [7, 11) is 0. The van der Waals surface area contributed by atoms with E-state index in [2.05, 4.69) is 10.6 Å². The Morgan fingerprint density at radius 3 is 2.02 bits per heavy atom. The Morgan fingerprint density at radius 1 is 0.867 bits per heavy atom. The summed E-state index contributed by atoms with van der Waals surface area (Å²) in [5, 5.41) is 5.07. The molecule has 11 nitrogen and oxygen atoms in total. The fourth-order valence-corrected chi connectivity index (χ4v) is 5.12. The fraction of sp³-hybridized carbons (Fsp3) is 0.294. The molecule has 1 aliphatic rings. The maximum absolute atomic E-state index is 14.2. The molecule has 4 rings (SSSR count). The maximum atomic E-state index is 14.2. The predicted octanol–water partition coefficient (Wildman–Crippen LogP) is 2.43. The zero-order valence-corrected chi connectivity index (χ0v) is 25.0. The Morgan fingerprint density at radius 2 is 1.44 bits per heavy atom. The number of nitrogens with zero attached hydrogens (tertiary/aromatic N) is 2. The van der Waals surface area contributed by atoms with Crippen molar-refractivity contribution >= 4 is 35.9 Å². The number of benzene rings is 3. The lowest BCUT2D eigenvalue weighted by Gasteiger charge is -2.31. The first-order valence-electron chi connectivity index (χ1n) is 14.6. The molecular weight excluding hydrogens is 576 g/mol. The average Bonchev–Trinajstić information content (AvgIpc) is 3.12. The highest BCUT2D eigenvalue weighted by atomic mass is 16.5. The van der Waals surface area contributed by atoms with Crippen LogP contribution in [0.5, 0.6) is 0 Å².